The molecule has 10 nitrogen and oxygen atoms in total. The molecular weight excluding hydrogens is 611 g/mol. The number of nitrogens with zero attached hydrogens (tertiary/aromatic N) is 7. The summed E-state index contributed by atoms with van der Waals surface area (Å²) in [7, 11) is 1.60. The van der Waals surface area contributed by atoms with E-state index >= 15 is 0 Å². The Morgan fingerprint density at radius 3 is 2.62 bits per heavy atom. The summed E-state index contributed by atoms with van der Waals surface area (Å²) in [6.45, 7) is 7.72. The van der Waals surface area contributed by atoms with Crippen LogP contribution in [0, 0.1) is 31.1 Å². The average molecular weight is 644 g/mol. The Bertz CT molecular complexity index is 1850. The van der Waals surface area contributed by atoms with Crippen molar-refractivity contribution in [2.45, 2.75) is 58.0 Å². The summed E-state index contributed by atoms with van der Waals surface area (Å²) in [6, 6.07) is 11.5. The Kier molecular flexibility index (Phi) is 7.99. The lowest BCUT2D eigenvalue weighted by Crippen LogP contribution is -2.52. The monoisotopic (exact) mass is 643 g/mol. The fourth-order valence-corrected chi connectivity index (χ4v) is 6.98. The maximum atomic E-state index is 14.1. The Morgan fingerprint density at radius 1 is 1.15 bits per heavy atom. The van der Waals surface area contributed by atoms with Crippen molar-refractivity contribution in [3.8, 4) is 6.07 Å². The van der Waals surface area contributed by atoms with Crippen molar-refractivity contribution in [1.29, 1.82) is 5.26 Å². The van der Waals surface area contributed by atoms with Gasteiger partial charge in [0.1, 0.15) is 11.9 Å². The van der Waals surface area contributed by atoms with Gasteiger partial charge in [-0.3, -0.25) is 24.3 Å². The number of para-hydroxylation sites is 1. The fraction of sp³-hybridized carbons (Fsp3) is 0.353. The van der Waals surface area contributed by atoms with Crippen LogP contribution < -0.4 is 14.7 Å². The lowest BCUT2D eigenvalue weighted by molar-refractivity contribution is -0.137. The van der Waals surface area contributed by atoms with E-state index in [2.05, 4.69) is 17.6 Å². The molecule has 3 atom stereocenters. The Labute approximate surface area is 269 Å². The number of nitriles is 1. The lowest BCUT2D eigenvalue weighted by atomic mass is 9.94. The van der Waals surface area contributed by atoms with Crippen molar-refractivity contribution in [2.75, 3.05) is 28.3 Å². The van der Waals surface area contributed by atoms with Crippen LogP contribution in [0.5, 0.6) is 0 Å². The number of anilines is 3. The van der Waals surface area contributed by atoms with Gasteiger partial charge >= 0.3 is 6.18 Å². The van der Waals surface area contributed by atoms with E-state index in [1.54, 1.807) is 18.0 Å². The molecule has 1 saturated heterocycles. The molecule has 3 amide bonds. The van der Waals surface area contributed by atoms with Gasteiger partial charge in [-0.1, -0.05) is 24.8 Å². The second-order valence-electron chi connectivity index (χ2n) is 12.1. The minimum atomic E-state index is -4.66. The molecule has 6 rings (SSSR count). The molecule has 47 heavy (non-hydrogen) atoms. The molecule has 3 aliphatic heterocycles. The molecule has 0 radical (unpaired) electrons. The van der Waals surface area contributed by atoms with Crippen molar-refractivity contribution in [3.05, 3.63) is 88.9 Å². The number of amides is 3. The number of fused-ring (bicyclic) bond motifs is 3. The Morgan fingerprint density at radius 2 is 1.91 bits per heavy atom. The van der Waals surface area contributed by atoms with Gasteiger partial charge in [0.25, 0.3) is 0 Å². The van der Waals surface area contributed by atoms with Crippen LogP contribution in [-0.4, -0.2) is 52.2 Å². The van der Waals surface area contributed by atoms with Crippen molar-refractivity contribution in [2.24, 2.45) is 5.92 Å². The highest BCUT2D eigenvalue weighted by molar-refractivity contribution is 6.10. The zero-order valence-corrected chi connectivity index (χ0v) is 26.1. The zero-order valence-electron chi connectivity index (χ0n) is 26.1. The minimum Gasteiger partial charge on any atom is -0.363 e. The quantitative estimate of drug-likeness (QED) is 0.360. The highest BCUT2D eigenvalue weighted by atomic mass is 19.4. The standard InChI is InChI=1S/C34H32F3N7O3/c1-5-28(45)43-17-21-9-10-24(40-30(21)25(43)11-12-38)18-42-16-22-14-29(46)44(27-15-23(34(35,36)37)13-20(3)39-27)32(22)33(47)41(4)26-8-6-7-19(2)31(26)42/h5-10,13,15,22,25,32H,1,11,14,16-18H2,2-4H3/t22-,25-,32+/m1/s1. The van der Waals surface area contributed by atoms with Crippen LogP contribution >= 0.6 is 0 Å². The van der Waals surface area contributed by atoms with Gasteiger partial charge in [-0.05, 0) is 55.3 Å². The largest absolute Gasteiger partial charge is 0.416 e. The summed E-state index contributed by atoms with van der Waals surface area (Å²) < 4.78 is 41.3. The summed E-state index contributed by atoms with van der Waals surface area (Å²) in [6.07, 6.45) is -3.45. The summed E-state index contributed by atoms with van der Waals surface area (Å²) in [4.78, 5) is 55.6. The fourth-order valence-electron chi connectivity index (χ4n) is 6.98. The summed E-state index contributed by atoms with van der Waals surface area (Å²) in [5.41, 5.74) is 3.46. The van der Waals surface area contributed by atoms with Crippen LogP contribution in [0.15, 0.2) is 55.1 Å². The predicted molar refractivity (Wildman–Crippen MR) is 167 cm³/mol. The Balaban J connectivity index is 1.41. The number of pyridine rings is 2. The molecule has 0 bridgehead atoms. The van der Waals surface area contributed by atoms with Crippen molar-refractivity contribution in [3.63, 3.8) is 0 Å². The summed E-state index contributed by atoms with van der Waals surface area (Å²) in [5.74, 6) is -2.00. The smallest absolute Gasteiger partial charge is 0.363 e. The van der Waals surface area contributed by atoms with E-state index < -0.39 is 41.6 Å². The van der Waals surface area contributed by atoms with Gasteiger partial charge < -0.3 is 14.7 Å². The van der Waals surface area contributed by atoms with E-state index in [-0.39, 0.29) is 43.4 Å². The third-order valence-electron chi connectivity index (χ3n) is 9.07. The van der Waals surface area contributed by atoms with Gasteiger partial charge in [-0.15, -0.1) is 0 Å². The van der Waals surface area contributed by atoms with Crippen molar-refractivity contribution < 1.29 is 27.6 Å². The maximum Gasteiger partial charge on any atom is 0.416 e. The number of hydrogen-bond acceptors (Lipinski definition) is 7. The van der Waals surface area contributed by atoms with E-state index in [4.69, 9.17) is 4.98 Å². The summed E-state index contributed by atoms with van der Waals surface area (Å²) >= 11 is 0. The molecule has 0 aliphatic carbocycles. The molecule has 3 aliphatic rings. The number of halogens is 3. The van der Waals surface area contributed by atoms with E-state index in [9.17, 15) is 32.8 Å². The molecule has 0 saturated carbocycles. The normalized spacial score (nSPS) is 20.7. The number of alkyl halides is 3. The molecule has 1 aromatic carbocycles. The third-order valence-corrected chi connectivity index (χ3v) is 9.07. The van der Waals surface area contributed by atoms with Gasteiger partial charge in [0, 0.05) is 38.2 Å². The number of aryl methyl sites for hydroxylation is 2. The number of rotatable bonds is 5. The van der Waals surface area contributed by atoms with E-state index in [0.29, 0.717) is 23.6 Å². The first-order valence-electron chi connectivity index (χ1n) is 15.1. The highest BCUT2D eigenvalue weighted by Crippen LogP contribution is 2.42. The van der Waals surface area contributed by atoms with Gasteiger partial charge in [0.2, 0.25) is 17.7 Å². The van der Waals surface area contributed by atoms with Crippen molar-refractivity contribution in [1.82, 2.24) is 14.9 Å². The van der Waals surface area contributed by atoms with E-state index in [1.807, 2.05) is 36.1 Å². The topological polar surface area (TPSA) is 114 Å². The maximum absolute atomic E-state index is 14.1. The first-order chi connectivity index (χ1) is 22.3. The van der Waals surface area contributed by atoms with Crippen LogP contribution in [0.1, 0.15) is 52.7 Å². The second-order valence-corrected chi connectivity index (χ2v) is 12.1. The van der Waals surface area contributed by atoms with E-state index in [1.165, 1.54) is 17.9 Å². The number of hydrogen-bond donors (Lipinski definition) is 0. The molecule has 13 heteroatoms. The van der Waals surface area contributed by atoms with Crippen LogP contribution in [0.3, 0.4) is 0 Å². The zero-order chi connectivity index (χ0) is 33.8. The molecule has 5 heterocycles. The first-order valence-corrected chi connectivity index (χ1v) is 15.1. The highest BCUT2D eigenvalue weighted by Gasteiger charge is 2.49. The number of carbonyl (C=O) groups excluding carboxylic acids is 3. The van der Waals surface area contributed by atoms with Gasteiger partial charge in [0.15, 0.2) is 0 Å². The van der Waals surface area contributed by atoms with Crippen molar-refractivity contribution >= 4 is 34.9 Å². The number of likely N-dealkylation sites (N-methyl/N-ethyl adjacent to an activating group) is 1. The molecule has 242 valence electrons. The van der Waals surface area contributed by atoms with Gasteiger partial charge in [0.05, 0.1) is 53.4 Å². The van der Waals surface area contributed by atoms with Crippen LogP contribution in [-0.2, 0) is 33.6 Å². The molecule has 1 fully saturated rings. The SMILES string of the molecule is C=CC(=O)N1Cc2ccc(CN3C[C@H]4CC(=O)N(c5cc(C(F)(F)F)cc(C)n5)[C@@H]4C(=O)N(C)c4cccc(C)c43)nc2[C@H]1CC#N. The molecule has 0 spiro atoms. The molecule has 0 N–H and O–H groups in total. The third kappa shape index (κ3) is 5.58. The molecular formula is C34H32F3N7O3. The van der Waals surface area contributed by atoms with Gasteiger partial charge in [-0.2, -0.15) is 18.4 Å². The van der Waals surface area contributed by atoms with E-state index in [0.717, 1.165) is 33.8 Å². The number of aromatic nitrogens is 2. The number of carbonyl (C=O) groups is 3. The lowest BCUT2D eigenvalue weighted by Gasteiger charge is -2.39. The Hall–Kier alpha value is -5.25. The molecule has 0 unspecified atom stereocenters. The molecule has 3 aromatic rings. The first kappa shape index (κ1) is 31.7. The van der Waals surface area contributed by atoms with Crippen LogP contribution in [0.25, 0.3) is 0 Å². The van der Waals surface area contributed by atoms with Gasteiger partial charge in [-0.25, -0.2) is 4.98 Å². The average Bonchev–Trinajstić information content (AvgIpc) is 3.54. The van der Waals surface area contributed by atoms with Crippen LogP contribution in [0.4, 0.5) is 30.4 Å². The summed E-state index contributed by atoms with van der Waals surface area (Å²) in [5, 5.41) is 9.51. The predicted octanol–water partition coefficient (Wildman–Crippen LogP) is 5.00. The number of benzene rings is 1. The minimum absolute atomic E-state index is 0.0618. The van der Waals surface area contributed by atoms with Crippen LogP contribution in [0.2, 0.25) is 0 Å². The molecule has 2 aromatic heterocycles. The second kappa shape index (κ2) is 11.8.